The maximum Gasteiger partial charge on any atom is -0.0300 e. The lowest BCUT2D eigenvalue weighted by atomic mass is 10.1. The van der Waals surface area contributed by atoms with Crippen LogP contribution >= 0.6 is 0 Å². The smallest absolute Gasteiger partial charge is 0.0300 e. The van der Waals surface area contributed by atoms with Gasteiger partial charge in [-0.15, -0.1) is 0 Å². The van der Waals surface area contributed by atoms with Crippen molar-refractivity contribution < 1.29 is 0 Å². The summed E-state index contributed by atoms with van der Waals surface area (Å²) in [5.74, 6) is 2.69. The summed E-state index contributed by atoms with van der Waals surface area (Å²) in [5, 5.41) is 0. The van der Waals surface area contributed by atoms with Crippen LogP contribution in [0.2, 0.25) is 0 Å². The highest BCUT2D eigenvalue weighted by atomic mass is 14.3. The highest BCUT2D eigenvalue weighted by Gasteiger charge is 2.21. The predicted molar refractivity (Wildman–Crippen MR) is 31.9 cm³/mol. The van der Waals surface area contributed by atoms with Crippen LogP contribution in [0.25, 0.3) is 0 Å². The monoisotopic (exact) mass is 97.1 g/mol. The average Bonchev–Trinajstić information content (AvgIpc) is 2.17. The van der Waals surface area contributed by atoms with E-state index in [2.05, 4.69) is 13.8 Å². The zero-order valence-electron chi connectivity index (χ0n) is 5.20. The maximum absolute atomic E-state index is 2.22. The normalized spacial score (nSPS) is 21.0. The molecule has 1 radical (unpaired) electrons. The number of hydrogen-bond acceptors (Lipinski definition) is 0. The van der Waals surface area contributed by atoms with E-state index in [1.807, 2.05) is 0 Å². The molecule has 0 aromatic heterocycles. The third kappa shape index (κ3) is 1.96. The van der Waals surface area contributed by atoms with Gasteiger partial charge in [0.2, 0.25) is 0 Å². The van der Waals surface area contributed by atoms with Gasteiger partial charge in [-0.25, -0.2) is 0 Å². The first-order valence-corrected chi connectivity index (χ1v) is 3.08. The average molecular weight is 97.2 g/mol. The Balaban J connectivity index is 1.97. The Bertz CT molecular complexity index is 51.1. The van der Waals surface area contributed by atoms with Crippen LogP contribution in [-0.4, -0.2) is 0 Å². The summed E-state index contributed by atoms with van der Waals surface area (Å²) in [7, 11) is 0. The lowest BCUT2D eigenvalue weighted by Crippen LogP contribution is -1.83. The maximum atomic E-state index is 2.22. The summed E-state index contributed by atoms with van der Waals surface area (Å²) < 4.78 is 0. The van der Waals surface area contributed by atoms with E-state index in [1.165, 1.54) is 19.3 Å². The minimum atomic E-state index is 1.09. The molecule has 0 aromatic rings. The molecule has 0 saturated heterocycles. The molecule has 1 fully saturated rings. The molecule has 0 N–H and O–H groups in total. The van der Waals surface area contributed by atoms with Crippen LogP contribution in [0.3, 0.4) is 0 Å². The molecular weight excluding hydrogens is 84.1 g/mol. The summed E-state index contributed by atoms with van der Waals surface area (Å²) in [6.07, 6.45) is 4.37. The first-order valence-electron chi connectivity index (χ1n) is 3.08. The van der Waals surface area contributed by atoms with Crippen molar-refractivity contribution in [3.63, 3.8) is 0 Å². The Morgan fingerprint density at radius 2 is 2.00 bits per heavy atom. The summed E-state index contributed by atoms with van der Waals surface area (Å²) in [4.78, 5) is 0. The summed E-state index contributed by atoms with van der Waals surface area (Å²) in [5.41, 5.74) is 0. The van der Waals surface area contributed by atoms with Gasteiger partial charge in [-0.2, -0.15) is 0 Å². The van der Waals surface area contributed by atoms with Crippen molar-refractivity contribution in [2.24, 2.45) is 5.92 Å². The van der Waals surface area contributed by atoms with E-state index in [4.69, 9.17) is 0 Å². The third-order valence-electron chi connectivity index (χ3n) is 1.39. The second-order valence-electron chi connectivity index (χ2n) is 2.85. The molecule has 0 amide bonds. The molecule has 0 heteroatoms. The summed E-state index contributed by atoms with van der Waals surface area (Å²) in [6.45, 7) is 4.44. The Hall–Kier alpha value is 0. The van der Waals surface area contributed by atoms with Gasteiger partial charge < -0.3 is 0 Å². The lowest BCUT2D eigenvalue weighted by Gasteiger charge is -1.97. The van der Waals surface area contributed by atoms with Crippen molar-refractivity contribution in [2.75, 3.05) is 0 Å². The third-order valence-corrected chi connectivity index (χ3v) is 1.39. The Morgan fingerprint density at radius 1 is 1.43 bits per heavy atom. The van der Waals surface area contributed by atoms with Gasteiger partial charge in [-0.3, -0.25) is 0 Å². The zero-order valence-corrected chi connectivity index (χ0v) is 5.20. The van der Waals surface area contributed by atoms with Crippen molar-refractivity contribution in [3.05, 3.63) is 5.92 Å². The standard InChI is InChI=1S/C7H13/c1-6(2)5-7-3-4-7/h7H,3-5H2,1-2H3. The van der Waals surface area contributed by atoms with E-state index >= 15 is 0 Å². The first kappa shape index (κ1) is 5.14. The Kier molecular flexibility index (Phi) is 1.36. The molecule has 1 aliphatic rings. The van der Waals surface area contributed by atoms with E-state index in [1.54, 1.807) is 5.92 Å². The van der Waals surface area contributed by atoms with Gasteiger partial charge in [0.1, 0.15) is 0 Å². The van der Waals surface area contributed by atoms with Gasteiger partial charge in [0.05, 0.1) is 0 Å². The molecule has 0 heterocycles. The molecule has 0 nitrogen and oxygen atoms in total. The highest BCUT2D eigenvalue weighted by Crippen LogP contribution is 2.35. The van der Waals surface area contributed by atoms with E-state index in [0.29, 0.717) is 0 Å². The molecule has 1 aliphatic carbocycles. The molecule has 41 valence electrons. The van der Waals surface area contributed by atoms with Gasteiger partial charge in [-0.1, -0.05) is 26.7 Å². The topological polar surface area (TPSA) is 0 Å². The van der Waals surface area contributed by atoms with Gasteiger partial charge in [0, 0.05) is 0 Å². The summed E-state index contributed by atoms with van der Waals surface area (Å²) >= 11 is 0. The Morgan fingerprint density at radius 3 is 2.14 bits per heavy atom. The van der Waals surface area contributed by atoms with Crippen molar-refractivity contribution >= 4 is 0 Å². The molecule has 7 heavy (non-hydrogen) atoms. The van der Waals surface area contributed by atoms with Crippen LogP contribution in [0.4, 0.5) is 0 Å². The van der Waals surface area contributed by atoms with Crippen LogP contribution in [0, 0.1) is 11.8 Å². The van der Waals surface area contributed by atoms with E-state index < -0.39 is 0 Å². The molecule has 0 aliphatic heterocycles. The van der Waals surface area contributed by atoms with Crippen LogP contribution in [0.15, 0.2) is 0 Å². The second-order valence-corrected chi connectivity index (χ2v) is 2.85. The number of hydrogen-bond donors (Lipinski definition) is 0. The van der Waals surface area contributed by atoms with Crippen LogP contribution < -0.4 is 0 Å². The van der Waals surface area contributed by atoms with Crippen molar-refractivity contribution in [3.8, 4) is 0 Å². The minimum Gasteiger partial charge on any atom is -0.0594 e. The van der Waals surface area contributed by atoms with Gasteiger partial charge in [-0.05, 0) is 18.3 Å². The predicted octanol–water partition coefficient (Wildman–Crippen LogP) is 2.40. The molecule has 1 rings (SSSR count). The Labute approximate surface area is 45.9 Å². The molecule has 0 unspecified atom stereocenters. The fourth-order valence-corrected chi connectivity index (χ4v) is 0.899. The van der Waals surface area contributed by atoms with E-state index in [0.717, 1.165) is 5.92 Å². The van der Waals surface area contributed by atoms with E-state index in [9.17, 15) is 0 Å². The lowest BCUT2D eigenvalue weighted by molar-refractivity contribution is 0.741. The molecule has 0 atom stereocenters. The van der Waals surface area contributed by atoms with Gasteiger partial charge in [0.25, 0.3) is 0 Å². The second kappa shape index (κ2) is 1.85. The van der Waals surface area contributed by atoms with E-state index in [-0.39, 0.29) is 0 Å². The molecule has 1 saturated carbocycles. The SMILES string of the molecule is C[C](C)CC1CC1. The van der Waals surface area contributed by atoms with Gasteiger partial charge >= 0.3 is 0 Å². The summed E-state index contributed by atoms with van der Waals surface area (Å²) in [6, 6.07) is 0. The van der Waals surface area contributed by atoms with Crippen molar-refractivity contribution in [1.29, 1.82) is 0 Å². The minimum absolute atomic E-state index is 1.09. The van der Waals surface area contributed by atoms with Crippen LogP contribution in [0.5, 0.6) is 0 Å². The molecule has 0 bridgehead atoms. The van der Waals surface area contributed by atoms with Crippen LogP contribution in [0.1, 0.15) is 33.1 Å². The van der Waals surface area contributed by atoms with Crippen LogP contribution in [-0.2, 0) is 0 Å². The van der Waals surface area contributed by atoms with Gasteiger partial charge in [0.15, 0.2) is 0 Å². The fourth-order valence-electron chi connectivity index (χ4n) is 0.899. The number of rotatable bonds is 2. The highest BCUT2D eigenvalue weighted by molar-refractivity contribution is 4.86. The molecular formula is C7H13. The van der Waals surface area contributed by atoms with Crippen molar-refractivity contribution in [2.45, 2.75) is 33.1 Å². The largest absolute Gasteiger partial charge is 0.0594 e. The van der Waals surface area contributed by atoms with Crippen molar-refractivity contribution in [1.82, 2.24) is 0 Å². The zero-order chi connectivity index (χ0) is 5.28. The first-order chi connectivity index (χ1) is 3.29. The molecule has 0 spiro atoms. The fraction of sp³-hybridized carbons (Fsp3) is 0.857. The molecule has 0 aromatic carbocycles. The quantitative estimate of drug-likeness (QED) is 0.496.